The number of nitrogen functional groups attached to an aromatic ring is 1. The summed E-state index contributed by atoms with van der Waals surface area (Å²) in [6.07, 6.45) is 6.94. The van der Waals surface area contributed by atoms with Crippen molar-refractivity contribution in [3.8, 4) is 5.75 Å². The molecule has 0 amide bonds. The molecule has 0 saturated carbocycles. The molecule has 0 aliphatic carbocycles. The van der Waals surface area contributed by atoms with E-state index < -0.39 is 0 Å². The van der Waals surface area contributed by atoms with Gasteiger partial charge in [-0.25, -0.2) is 0 Å². The highest BCUT2D eigenvalue weighted by atomic mass is 16.5. The summed E-state index contributed by atoms with van der Waals surface area (Å²) in [6, 6.07) is 5.23. The van der Waals surface area contributed by atoms with Crippen LogP contribution in [0.1, 0.15) is 51.0 Å². The molecule has 0 fully saturated rings. The van der Waals surface area contributed by atoms with Crippen molar-refractivity contribution in [1.82, 2.24) is 4.98 Å². The Balaban J connectivity index is 2.06. The minimum atomic E-state index is -0.321. The Morgan fingerprint density at radius 1 is 1.17 bits per heavy atom. The van der Waals surface area contributed by atoms with E-state index in [-0.39, 0.29) is 17.9 Å². The van der Waals surface area contributed by atoms with E-state index in [1.165, 1.54) is 25.7 Å². The number of ether oxygens (including phenoxy) is 1. The molecule has 1 aromatic carbocycles. The minimum absolute atomic E-state index is 0.221. The molecule has 23 heavy (non-hydrogen) atoms. The van der Waals surface area contributed by atoms with Crippen molar-refractivity contribution in [3.63, 3.8) is 0 Å². The van der Waals surface area contributed by atoms with Gasteiger partial charge in [0.1, 0.15) is 0 Å². The van der Waals surface area contributed by atoms with Crippen molar-refractivity contribution in [1.29, 1.82) is 0 Å². The van der Waals surface area contributed by atoms with Gasteiger partial charge < -0.3 is 20.6 Å². The number of aliphatic hydroxyl groups excluding tert-OH is 1. The zero-order valence-corrected chi connectivity index (χ0v) is 13.7. The molecule has 0 unspecified atom stereocenters. The van der Waals surface area contributed by atoms with Crippen molar-refractivity contribution in [3.05, 3.63) is 34.1 Å². The fourth-order valence-electron chi connectivity index (χ4n) is 2.73. The molecule has 2 aromatic rings. The third kappa shape index (κ3) is 4.48. The minimum Gasteiger partial charge on any atom is -0.488 e. The predicted molar refractivity (Wildman–Crippen MR) is 93.8 cm³/mol. The maximum atomic E-state index is 12.2. The van der Waals surface area contributed by atoms with Crippen LogP contribution >= 0.6 is 0 Å². The van der Waals surface area contributed by atoms with Gasteiger partial charge in [-0.15, -0.1) is 0 Å². The molecule has 1 aromatic heterocycles. The molecule has 0 bridgehead atoms. The second-order valence-corrected chi connectivity index (χ2v) is 5.84. The molecule has 0 aliphatic rings. The average Bonchev–Trinajstić information content (AvgIpc) is 2.54. The maximum absolute atomic E-state index is 12.2. The second-order valence-electron chi connectivity index (χ2n) is 5.84. The molecule has 0 aliphatic heterocycles. The van der Waals surface area contributed by atoms with E-state index in [2.05, 4.69) is 11.9 Å². The first-order valence-electron chi connectivity index (χ1n) is 8.35. The Labute approximate surface area is 136 Å². The molecule has 0 radical (unpaired) electrons. The van der Waals surface area contributed by atoms with Gasteiger partial charge in [0.2, 0.25) is 0 Å². The van der Waals surface area contributed by atoms with Gasteiger partial charge >= 0.3 is 0 Å². The number of unbranched alkanes of at least 4 members (excludes halogenated alkanes) is 5. The lowest BCUT2D eigenvalue weighted by atomic mass is 10.1. The van der Waals surface area contributed by atoms with E-state index in [9.17, 15) is 9.90 Å². The van der Waals surface area contributed by atoms with Crippen molar-refractivity contribution in [2.75, 3.05) is 12.3 Å². The topological polar surface area (TPSA) is 88.3 Å². The highest BCUT2D eigenvalue weighted by Crippen LogP contribution is 2.25. The number of H-pyrrole nitrogens is 1. The summed E-state index contributed by atoms with van der Waals surface area (Å²) >= 11 is 0. The van der Waals surface area contributed by atoms with Crippen molar-refractivity contribution in [2.45, 2.75) is 52.1 Å². The van der Waals surface area contributed by atoms with Gasteiger partial charge in [-0.05, 0) is 18.6 Å². The number of fused-ring (bicyclic) bond motifs is 1. The van der Waals surface area contributed by atoms with Gasteiger partial charge in [-0.2, -0.15) is 0 Å². The summed E-state index contributed by atoms with van der Waals surface area (Å²) in [5.74, 6) is 0.221. The van der Waals surface area contributed by atoms with E-state index in [1.807, 2.05) is 0 Å². The first-order chi connectivity index (χ1) is 11.2. The summed E-state index contributed by atoms with van der Waals surface area (Å²) in [6.45, 7) is 2.44. The molecule has 1 heterocycles. The van der Waals surface area contributed by atoms with Crippen LogP contribution in [0.2, 0.25) is 0 Å². The monoisotopic (exact) mass is 318 g/mol. The highest BCUT2D eigenvalue weighted by Gasteiger charge is 2.13. The number of hydrogen-bond acceptors (Lipinski definition) is 4. The number of aromatic amines is 1. The fourth-order valence-corrected chi connectivity index (χ4v) is 2.73. The zero-order valence-electron chi connectivity index (χ0n) is 13.7. The summed E-state index contributed by atoms with van der Waals surface area (Å²) in [5.41, 5.74) is 7.12. The number of hydrogen-bond donors (Lipinski definition) is 3. The van der Waals surface area contributed by atoms with Crippen LogP contribution in [0.5, 0.6) is 5.75 Å². The largest absolute Gasteiger partial charge is 0.488 e. The number of anilines is 1. The Morgan fingerprint density at radius 2 is 1.91 bits per heavy atom. The maximum Gasteiger partial charge on any atom is 0.291 e. The van der Waals surface area contributed by atoms with Crippen molar-refractivity contribution >= 4 is 16.6 Å². The number of aromatic nitrogens is 1. The lowest BCUT2D eigenvalue weighted by molar-refractivity contribution is 0.259. The molecule has 0 spiro atoms. The molecule has 0 saturated heterocycles. The molecule has 5 heteroatoms. The van der Waals surface area contributed by atoms with Gasteiger partial charge in [-0.1, -0.05) is 45.1 Å². The SMILES string of the molecule is CCCCCCCCOc1c(CO)c2ccc(N)cc2[nH]c1=O. The summed E-state index contributed by atoms with van der Waals surface area (Å²) < 4.78 is 5.67. The number of nitrogens with two attached hydrogens (primary N) is 1. The molecule has 2 rings (SSSR count). The van der Waals surface area contributed by atoms with E-state index >= 15 is 0 Å². The number of aliphatic hydroxyl groups is 1. The van der Waals surface area contributed by atoms with Gasteiger partial charge in [0.05, 0.1) is 18.7 Å². The first kappa shape index (κ1) is 17.3. The van der Waals surface area contributed by atoms with Crippen LogP contribution in [-0.4, -0.2) is 16.7 Å². The van der Waals surface area contributed by atoms with Crippen LogP contribution in [0.3, 0.4) is 0 Å². The first-order valence-corrected chi connectivity index (χ1v) is 8.35. The van der Waals surface area contributed by atoms with Crippen LogP contribution < -0.4 is 16.0 Å². The standard InChI is InChI=1S/C18H26N2O3/c1-2-3-4-5-6-7-10-23-17-15(12-21)14-9-8-13(19)11-16(14)20-18(17)22/h8-9,11,21H,2-7,10,12,19H2,1H3,(H,20,22). The zero-order chi connectivity index (χ0) is 16.7. The van der Waals surface area contributed by atoms with Gasteiger partial charge in [0, 0.05) is 16.6 Å². The fraction of sp³-hybridized carbons (Fsp3) is 0.500. The van der Waals surface area contributed by atoms with E-state index in [4.69, 9.17) is 10.5 Å². The molecular weight excluding hydrogens is 292 g/mol. The van der Waals surface area contributed by atoms with Crippen LogP contribution in [0.4, 0.5) is 5.69 Å². The number of rotatable bonds is 9. The number of pyridine rings is 1. The lowest BCUT2D eigenvalue weighted by Crippen LogP contribution is -2.15. The summed E-state index contributed by atoms with van der Waals surface area (Å²) in [4.78, 5) is 15.0. The summed E-state index contributed by atoms with van der Waals surface area (Å²) in [7, 11) is 0. The molecule has 4 N–H and O–H groups in total. The Hall–Kier alpha value is -2.01. The smallest absolute Gasteiger partial charge is 0.291 e. The Morgan fingerprint density at radius 3 is 2.65 bits per heavy atom. The van der Waals surface area contributed by atoms with Gasteiger partial charge in [0.25, 0.3) is 5.56 Å². The van der Waals surface area contributed by atoms with Crippen LogP contribution in [0, 0.1) is 0 Å². The Kier molecular flexibility index (Phi) is 6.47. The second kappa shape index (κ2) is 8.58. The number of benzene rings is 1. The van der Waals surface area contributed by atoms with Gasteiger partial charge in [0.15, 0.2) is 5.75 Å². The van der Waals surface area contributed by atoms with E-state index in [0.29, 0.717) is 23.4 Å². The molecule has 5 nitrogen and oxygen atoms in total. The average molecular weight is 318 g/mol. The predicted octanol–water partition coefficient (Wildman–Crippen LogP) is 3.34. The third-order valence-electron chi connectivity index (χ3n) is 4.00. The van der Waals surface area contributed by atoms with E-state index in [1.54, 1.807) is 18.2 Å². The molecular formula is C18H26N2O3. The van der Waals surface area contributed by atoms with Crippen LogP contribution in [0.25, 0.3) is 10.9 Å². The lowest BCUT2D eigenvalue weighted by Gasteiger charge is -2.12. The normalized spacial score (nSPS) is 11.0. The van der Waals surface area contributed by atoms with Gasteiger partial charge in [-0.3, -0.25) is 4.79 Å². The number of nitrogens with one attached hydrogen (secondary N) is 1. The quantitative estimate of drug-likeness (QED) is 0.489. The highest BCUT2D eigenvalue weighted by molar-refractivity contribution is 5.86. The van der Waals surface area contributed by atoms with E-state index in [0.717, 1.165) is 18.2 Å². The summed E-state index contributed by atoms with van der Waals surface area (Å²) in [5, 5.41) is 10.4. The Bertz CT molecular complexity index is 694. The van der Waals surface area contributed by atoms with Crippen molar-refractivity contribution in [2.24, 2.45) is 0 Å². The van der Waals surface area contributed by atoms with Crippen LogP contribution in [-0.2, 0) is 6.61 Å². The molecule has 0 atom stereocenters. The molecule has 126 valence electrons. The van der Waals surface area contributed by atoms with Crippen LogP contribution in [0.15, 0.2) is 23.0 Å². The van der Waals surface area contributed by atoms with Crippen molar-refractivity contribution < 1.29 is 9.84 Å². The third-order valence-corrected chi connectivity index (χ3v) is 4.00.